The molecule has 1 fully saturated rings. The van der Waals surface area contributed by atoms with Crippen LogP contribution in [-0.2, 0) is 14.3 Å². The number of methoxy groups -OCH3 is 1. The van der Waals surface area contributed by atoms with Gasteiger partial charge in [0.15, 0.2) is 0 Å². The van der Waals surface area contributed by atoms with Crippen molar-refractivity contribution in [3.63, 3.8) is 0 Å². The molecule has 1 unspecified atom stereocenters. The lowest BCUT2D eigenvalue weighted by Crippen LogP contribution is -2.43. The van der Waals surface area contributed by atoms with Crippen molar-refractivity contribution in [3.05, 3.63) is 11.6 Å². The van der Waals surface area contributed by atoms with E-state index in [0.29, 0.717) is 18.4 Å². The maximum absolute atomic E-state index is 12.1. The second-order valence-electron chi connectivity index (χ2n) is 4.61. The van der Waals surface area contributed by atoms with Gasteiger partial charge in [-0.2, -0.15) is 0 Å². The molecule has 19 heavy (non-hydrogen) atoms. The number of urea groups is 1. The summed E-state index contributed by atoms with van der Waals surface area (Å²) in [5, 5.41) is 2.66. The van der Waals surface area contributed by atoms with Crippen molar-refractivity contribution >= 4 is 17.9 Å². The molecule has 0 aliphatic carbocycles. The molecule has 1 rings (SSSR count). The summed E-state index contributed by atoms with van der Waals surface area (Å²) < 4.78 is 4.62. The number of esters is 1. The zero-order valence-corrected chi connectivity index (χ0v) is 11.8. The molecular weight excluding hydrogens is 248 g/mol. The summed E-state index contributed by atoms with van der Waals surface area (Å²) in [6.45, 7) is 5.42. The minimum atomic E-state index is -0.845. The van der Waals surface area contributed by atoms with E-state index in [4.69, 9.17) is 0 Å². The summed E-state index contributed by atoms with van der Waals surface area (Å²) in [6, 6.07) is -0.425. The number of carbonyl (C=O) groups is 3. The molecule has 106 valence electrons. The van der Waals surface area contributed by atoms with Gasteiger partial charge in [0, 0.05) is 12.1 Å². The second kappa shape index (κ2) is 5.86. The number of rotatable bonds is 5. The third kappa shape index (κ3) is 2.94. The van der Waals surface area contributed by atoms with Gasteiger partial charge in [0.1, 0.15) is 5.54 Å². The van der Waals surface area contributed by atoms with Crippen LogP contribution in [0.3, 0.4) is 0 Å². The Hall–Kier alpha value is -1.85. The molecule has 1 aliphatic rings. The molecule has 0 spiro atoms. The van der Waals surface area contributed by atoms with Crippen molar-refractivity contribution in [1.29, 1.82) is 0 Å². The zero-order chi connectivity index (χ0) is 14.6. The molecule has 0 aromatic heterocycles. The van der Waals surface area contributed by atoms with E-state index in [-0.39, 0.29) is 12.5 Å². The van der Waals surface area contributed by atoms with Crippen LogP contribution in [0.4, 0.5) is 4.79 Å². The lowest BCUT2D eigenvalue weighted by Gasteiger charge is -2.18. The summed E-state index contributed by atoms with van der Waals surface area (Å²) in [5.41, 5.74) is -0.393. The van der Waals surface area contributed by atoms with Gasteiger partial charge in [-0.15, -0.1) is 0 Å². The SMILES string of the molecule is CCC(=CCN1C(=O)NC(C)(CC)C1=O)C(=O)OC. The van der Waals surface area contributed by atoms with Gasteiger partial charge >= 0.3 is 12.0 Å². The second-order valence-corrected chi connectivity index (χ2v) is 4.61. The maximum atomic E-state index is 12.1. The lowest BCUT2D eigenvalue weighted by atomic mass is 9.99. The van der Waals surface area contributed by atoms with Crippen LogP contribution >= 0.6 is 0 Å². The van der Waals surface area contributed by atoms with E-state index in [9.17, 15) is 14.4 Å². The Morgan fingerprint density at radius 3 is 2.47 bits per heavy atom. The van der Waals surface area contributed by atoms with Crippen LogP contribution < -0.4 is 5.32 Å². The van der Waals surface area contributed by atoms with Crippen LogP contribution in [-0.4, -0.2) is 42.0 Å². The number of carbonyl (C=O) groups excluding carboxylic acids is 3. The topological polar surface area (TPSA) is 75.7 Å². The largest absolute Gasteiger partial charge is 0.466 e. The molecule has 1 heterocycles. The van der Waals surface area contributed by atoms with E-state index < -0.39 is 17.5 Å². The van der Waals surface area contributed by atoms with Gasteiger partial charge in [0.2, 0.25) is 0 Å². The van der Waals surface area contributed by atoms with Gasteiger partial charge in [-0.3, -0.25) is 9.69 Å². The Labute approximate surface area is 112 Å². The minimum Gasteiger partial charge on any atom is -0.466 e. The van der Waals surface area contributed by atoms with E-state index in [0.717, 1.165) is 4.90 Å². The Kier molecular flexibility index (Phi) is 4.69. The van der Waals surface area contributed by atoms with E-state index >= 15 is 0 Å². The summed E-state index contributed by atoms with van der Waals surface area (Å²) in [7, 11) is 1.30. The van der Waals surface area contributed by atoms with E-state index in [1.165, 1.54) is 7.11 Å². The third-order valence-corrected chi connectivity index (χ3v) is 3.40. The summed E-state index contributed by atoms with van der Waals surface area (Å²) in [6.07, 6.45) is 2.57. The fourth-order valence-corrected chi connectivity index (χ4v) is 1.86. The van der Waals surface area contributed by atoms with Crippen molar-refractivity contribution in [2.75, 3.05) is 13.7 Å². The molecule has 0 bridgehead atoms. The highest BCUT2D eigenvalue weighted by molar-refractivity contribution is 6.07. The van der Waals surface area contributed by atoms with Gasteiger partial charge in [-0.05, 0) is 19.8 Å². The van der Waals surface area contributed by atoms with Crippen LogP contribution in [0.15, 0.2) is 11.6 Å². The molecular formula is C13H20N2O4. The lowest BCUT2D eigenvalue weighted by molar-refractivity contribution is -0.136. The van der Waals surface area contributed by atoms with Gasteiger partial charge in [0.25, 0.3) is 5.91 Å². The first-order valence-electron chi connectivity index (χ1n) is 6.31. The molecule has 6 heteroatoms. The average Bonchev–Trinajstić information content (AvgIpc) is 2.62. The van der Waals surface area contributed by atoms with Crippen LogP contribution in [0, 0.1) is 0 Å². The first-order valence-corrected chi connectivity index (χ1v) is 6.31. The number of ether oxygens (including phenoxy) is 1. The Balaban J connectivity index is 2.83. The van der Waals surface area contributed by atoms with Crippen LogP contribution in [0.1, 0.15) is 33.6 Å². The van der Waals surface area contributed by atoms with Crippen molar-refractivity contribution in [3.8, 4) is 0 Å². The van der Waals surface area contributed by atoms with Crippen molar-refractivity contribution in [2.24, 2.45) is 0 Å². The van der Waals surface area contributed by atoms with Gasteiger partial charge < -0.3 is 10.1 Å². The minimum absolute atomic E-state index is 0.0819. The quantitative estimate of drug-likeness (QED) is 0.462. The van der Waals surface area contributed by atoms with E-state index in [2.05, 4.69) is 10.1 Å². The summed E-state index contributed by atoms with van der Waals surface area (Å²) in [4.78, 5) is 36.4. The van der Waals surface area contributed by atoms with Gasteiger partial charge in [0.05, 0.1) is 7.11 Å². The standard InChI is InChI=1S/C13H20N2O4/c1-5-9(10(16)19-4)7-8-15-11(17)13(3,6-2)14-12(15)18/h7H,5-6,8H2,1-4H3,(H,14,18). The first kappa shape index (κ1) is 15.2. The molecule has 0 saturated carbocycles. The molecule has 1 aliphatic heterocycles. The molecule has 6 nitrogen and oxygen atoms in total. The molecule has 3 amide bonds. The first-order chi connectivity index (χ1) is 8.89. The zero-order valence-electron chi connectivity index (χ0n) is 11.8. The molecule has 1 N–H and O–H groups in total. The highest BCUT2D eigenvalue weighted by Gasteiger charge is 2.45. The molecule has 1 atom stereocenters. The monoisotopic (exact) mass is 268 g/mol. The molecule has 0 radical (unpaired) electrons. The van der Waals surface area contributed by atoms with Crippen molar-refractivity contribution in [2.45, 2.75) is 39.2 Å². The Morgan fingerprint density at radius 1 is 1.42 bits per heavy atom. The Bertz CT molecular complexity index is 430. The van der Waals surface area contributed by atoms with E-state index in [1.54, 1.807) is 13.0 Å². The van der Waals surface area contributed by atoms with Crippen LogP contribution in [0.25, 0.3) is 0 Å². The van der Waals surface area contributed by atoms with Crippen LogP contribution in [0.2, 0.25) is 0 Å². The normalized spacial score (nSPS) is 23.6. The Morgan fingerprint density at radius 2 is 2.05 bits per heavy atom. The molecule has 1 saturated heterocycles. The number of hydrogen-bond donors (Lipinski definition) is 1. The highest BCUT2D eigenvalue weighted by Crippen LogP contribution is 2.20. The third-order valence-electron chi connectivity index (χ3n) is 3.40. The summed E-state index contributed by atoms with van der Waals surface area (Å²) >= 11 is 0. The number of nitrogens with zero attached hydrogens (tertiary/aromatic N) is 1. The van der Waals surface area contributed by atoms with E-state index in [1.807, 2.05) is 13.8 Å². The number of imide groups is 1. The predicted octanol–water partition coefficient (Wildman–Crippen LogP) is 1.22. The highest BCUT2D eigenvalue weighted by atomic mass is 16.5. The molecule has 0 aromatic carbocycles. The van der Waals surface area contributed by atoms with Crippen molar-refractivity contribution in [1.82, 2.24) is 10.2 Å². The molecule has 0 aromatic rings. The predicted molar refractivity (Wildman–Crippen MR) is 69.3 cm³/mol. The maximum Gasteiger partial charge on any atom is 0.333 e. The average molecular weight is 268 g/mol. The number of hydrogen-bond acceptors (Lipinski definition) is 4. The van der Waals surface area contributed by atoms with Crippen LogP contribution in [0.5, 0.6) is 0 Å². The number of amides is 3. The summed E-state index contributed by atoms with van der Waals surface area (Å²) in [5.74, 6) is -0.704. The number of nitrogens with one attached hydrogen (secondary N) is 1. The van der Waals surface area contributed by atoms with Gasteiger partial charge in [-0.1, -0.05) is 19.9 Å². The fourth-order valence-electron chi connectivity index (χ4n) is 1.86. The van der Waals surface area contributed by atoms with Crippen molar-refractivity contribution < 1.29 is 19.1 Å². The fraction of sp³-hybridized carbons (Fsp3) is 0.615. The smallest absolute Gasteiger partial charge is 0.333 e. The van der Waals surface area contributed by atoms with Gasteiger partial charge in [-0.25, -0.2) is 9.59 Å².